The molecule has 0 spiro atoms. The Balaban J connectivity index is 0.00000240. The Bertz CT molecular complexity index is 1030. The molecule has 2 aliphatic rings. The van der Waals surface area contributed by atoms with Crippen LogP contribution in [-0.4, -0.2) is 51.2 Å². The molecule has 2 N–H and O–H groups in total. The molecule has 154 valence electrons. The monoisotopic (exact) mass is 434 g/mol. The molecule has 2 heterocycles. The minimum atomic E-state index is -3.66. The Hall–Kier alpha value is -2.42. The number of hydrogen-bond donors (Lipinski definition) is 2. The Morgan fingerprint density at radius 1 is 1.07 bits per heavy atom. The van der Waals surface area contributed by atoms with Crippen molar-refractivity contribution in [3.63, 3.8) is 0 Å². The van der Waals surface area contributed by atoms with Crippen LogP contribution in [0.5, 0.6) is 0 Å². The van der Waals surface area contributed by atoms with E-state index in [1.54, 1.807) is 48.5 Å². The Morgan fingerprint density at radius 3 is 2.38 bits per heavy atom. The molecule has 29 heavy (non-hydrogen) atoms. The summed E-state index contributed by atoms with van der Waals surface area (Å²) < 4.78 is 28.1. The molecule has 0 unspecified atom stereocenters. The third-order valence-electron chi connectivity index (χ3n) is 5.22. The van der Waals surface area contributed by atoms with E-state index in [-0.39, 0.29) is 23.2 Å². The zero-order valence-electron chi connectivity index (χ0n) is 16.0. The number of rotatable bonds is 3. The first-order valence-electron chi connectivity index (χ1n) is 9.26. The highest BCUT2D eigenvalue weighted by Gasteiger charge is 2.28. The molecule has 2 aliphatic heterocycles. The molecule has 0 aliphatic carbocycles. The van der Waals surface area contributed by atoms with E-state index in [0.29, 0.717) is 28.7 Å². The number of amides is 1. The molecule has 2 aromatic rings. The van der Waals surface area contributed by atoms with Crippen LogP contribution in [-0.2, 0) is 10.0 Å². The number of nitrogens with one attached hydrogen (secondary N) is 2. The molecule has 9 heteroatoms. The van der Waals surface area contributed by atoms with Crippen molar-refractivity contribution in [1.29, 1.82) is 0 Å². The minimum Gasteiger partial charge on any atom is -0.339 e. The number of anilines is 1. The van der Waals surface area contributed by atoms with Gasteiger partial charge in [0.1, 0.15) is 4.90 Å². The average Bonchev–Trinajstić information content (AvgIpc) is 2.98. The smallest absolute Gasteiger partial charge is 0.285 e. The summed E-state index contributed by atoms with van der Waals surface area (Å²) in [5.74, 6) is 0.316. The number of carbonyl (C=O) groups is 1. The van der Waals surface area contributed by atoms with E-state index in [9.17, 15) is 13.2 Å². The van der Waals surface area contributed by atoms with Crippen LogP contribution in [0.15, 0.2) is 57.8 Å². The van der Waals surface area contributed by atoms with Crippen LogP contribution in [0.3, 0.4) is 0 Å². The number of nitrogens with zero attached hydrogens (tertiary/aromatic N) is 2. The van der Waals surface area contributed by atoms with Gasteiger partial charge in [0.2, 0.25) is 0 Å². The molecule has 0 radical (unpaired) electrons. The quantitative estimate of drug-likeness (QED) is 0.774. The highest BCUT2D eigenvalue weighted by atomic mass is 35.5. The number of benzene rings is 2. The predicted molar refractivity (Wildman–Crippen MR) is 115 cm³/mol. The first-order valence-corrected chi connectivity index (χ1v) is 10.7. The summed E-state index contributed by atoms with van der Waals surface area (Å²) in [6.07, 6.45) is 1.91. The van der Waals surface area contributed by atoms with E-state index in [0.717, 1.165) is 25.9 Å². The molecular weight excluding hydrogens is 412 g/mol. The highest BCUT2D eigenvalue weighted by molar-refractivity contribution is 7.90. The number of piperidine rings is 1. The molecule has 0 bridgehead atoms. The summed E-state index contributed by atoms with van der Waals surface area (Å²) in [6, 6.07) is 14.2. The van der Waals surface area contributed by atoms with Gasteiger partial charge in [-0.2, -0.15) is 8.42 Å². The van der Waals surface area contributed by atoms with Gasteiger partial charge < -0.3 is 15.5 Å². The van der Waals surface area contributed by atoms with Gasteiger partial charge in [-0.3, -0.25) is 4.79 Å². The standard InChI is InChI=1S/C20H22N4O3S.ClH/c1-21-15-10-12-24(13-11-15)20(25)14-6-8-16(9-7-14)22-19-17-4-2-3-5-18(17)28(26,27)23-19;/h2-9,15,21H,10-13H2,1H3,(H,22,23);1H. The largest absolute Gasteiger partial charge is 0.339 e. The van der Waals surface area contributed by atoms with Crippen molar-refractivity contribution in [1.82, 2.24) is 10.2 Å². The van der Waals surface area contributed by atoms with Gasteiger partial charge in [0, 0.05) is 35.9 Å². The third kappa shape index (κ3) is 4.29. The van der Waals surface area contributed by atoms with Crippen LogP contribution in [0.25, 0.3) is 0 Å². The van der Waals surface area contributed by atoms with Crippen molar-refractivity contribution in [3.05, 3.63) is 59.7 Å². The maximum absolute atomic E-state index is 12.7. The fraction of sp³-hybridized carbons (Fsp3) is 0.300. The summed E-state index contributed by atoms with van der Waals surface area (Å²) >= 11 is 0. The molecule has 4 rings (SSSR count). The van der Waals surface area contributed by atoms with Crippen LogP contribution < -0.4 is 10.6 Å². The van der Waals surface area contributed by atoms with E-state index in [1.165, 1.54) is 0 Å². The van der Waals surface area contributed by atoms with Gasteiger partial charge in [-0.05, 0) is 56.3 Å². The summed E-state index contributed by atoms with van der Waals surface area (Å²) in [5, 5.41) is 6.31. The van der Waals surface area contributed by atoms with Crippen molar-refractivity contribution < 1.29 is 13.2 Å². The van der Waals surface area contributed by atoms with Gasteiger partial charge in [0.05, 0.1) is 0 Å². The number of amidine groups is 1. The molecule has 1 saturated heterocycles. The molecular formula is C20H23ClN4O3S. The summed E-state index contributed by atoms with van der Waals surface area (Å²) in [7, 11) is -1.71. The van der Waals surface area contributed by atoms with E-state index >= 15 is 0 Å². The third-order valence-corrected chi connectivity index (χ3v) is 6.55. The van der Waals surface area contributed by atoms with Crippen molar-refractivity contribution >= 4 is 39.9 Å². The number of likely N-dealkylation sites (tertiary alicyclic amines) is 1. The molecule has 0 atom stereocenters. The zero-order chi connectivity index (χ0) is 19.7. The SMILES string of the molecule is CNC1CCN(C(=O)c2ccc(NC3=NS(=O)(=O)c4ccccc43)cc2)CC1.Cl. The van der Waals surface area contributed by atoms with Crippen LogP contribution in [0.2, 0.25) is 0 Å². The van der Waals surface area contributed by atoms with Gasteiger partial charge in [-0.15, -0.1) is 16.8 Å². The predicted octanol–water partition coefficient (Wildman–Crippen LogP) is 2.49. The maximum Gasteiger partial charge on any atom is 0.285 e. The van der Waals surface area contributed by atoms with Crippen LogP contribution in [0.4, 0.5) is 5.69 Å². The fourth-order valence-electron chi connectivity index (χ4n) is 3.58. The summed E-state index contributed by atoms with van der Waals surface area (Å²) in [4.78, 5) is 14.8. The lowest BCUT2D eigenvalue weighted by Crippen LogP contribution is -2.43. The zero-order valence-corrected chi connectivity index (χ0v) is 17.6. The van der Waals surface area contributed by atoms with Crippen molar-refractivity contribution in [3.8, 4) is 0 Å². The fourth-order valence-corrected chi connectivity index (χ4v) is 4.76. The van der Waals surface area contributed by atoms with Crippen LogP contribution in [0.1, 0.15) is 28.8 Å². The highest BCUT2D eigenvalue weighted by Crippen LogP contribution is 2.26. The summed E-state index contributed by atoms with van der Waals surface area (Å²) in [5.41, 5.74) is 1.85. The lowest BCUT2D eigenvalue weighted by atomic mass is 10.0. The lowest BCUT2D eigenvalue weighted by molar-refractivity contribution is 0.0707. The van der Waals surface area contributed by atoms with Crippen LogP contribution in [0, 0.1) is 0 Å². The van der Waals surface area contributed by atoms with E-state index in [4.69, 9.17) is 0 Å². The number of halogens is 1. The molecule has 0 aromatic heterocycles. The summed E-state index contributed by atoms with van der Waals surface area (Å²) in [6.45, 7) is 1.49. The van der Waals surface area contributed by atoms with E-state index < -0.39 is 10.0 Å². The maximum atomic E-state index is 12.7. The number of fused-ring (bicyclic) bond motifs is 1. The lowest BCUT2D eigenvalue weighted by Gasteiger charge is -2.31. The van der Waals surface area contributed by atoms with Gasteiger partial charge in [-0.25, -0.2) is 0 Å². The van der Waals surface area contributed by atoms with Gasteiger partial charge in [0.15, 0.2) is 5.84 Å². The molecule has 1 amide bonds. The second-order valence-corrected chi connectivity index (χ2v) is 8.54. The minimum absolute atomic E-state index is 0. The van der Waals surface area contributed by atoms with Crippen molar-refractivity contribution in [2.45, 2.75) is 23.8 Å². The average molecular weight is 435 g/mol. The normalized spacial score (nSPS) is 17.8. The molecule has 1 fully saturated rings. The Labute approximate surface area is 176 Å². The molecule has 7 nitrogen and oxygen atoms in total. The van der Waals surface area contributed by atoms with Gasteiger partial charge >= 0.3 is 0 Å². The van der Waals surface area contributed by atoms with E-state index in [1.807, 2.05) is 11.9 Å². The first kappa shape index (κ1) is 21.3. The Kier molecular flexibility index (Phi) is 6.26. The van der Waals surface area contributed by atoms with Gasteiger partial charge in [0.25, 0.3) is 15.9 Å². The number of hydrogen-bond acceptors (Lipinski definition) is 5. The molecule has 2 aromatic carbocycles. The number of sulfonamides is 1. The van der Waals surface area contributed by atoms with Gasteiger partial charge in [-0.1, -0.05) is 12.1 Å². The van der Waals surface area contributed by atoms with Crippen molar-refractivity contribution in [2.24, 2.45) is 4.40 Å². The second-order valence-electron chi connectivity index (χ2n) is 6.97. The van der Waals surface area contributed by atoms with Crippen LogP contribution >= 0.6 is 12.4 Å². The van der Waals surface area contributed by atoms with Crippen molar-refractivity contribution in [2.75, 3.05) is 25.5 Å². The molecule has 0 saturated carbocycles. The first-order chi connectivity index (χ1) is 13.5. The second kappa shape index (κ2) is 8.52. The topological polar surface area (TPSA) is 90.9 Å². The van der Waals surface area contributed by atoms with E-state index in [2.05, 4.69) is 15.0 Å². The number of carbonyl (C=O) groups excluding carboxylic acids is 1. The Morgan fingerprint density at radius 2 is 1.72 bits per heavy atom.